The molecule has 0 aromatic heterocycles. The van der Waals surface area contributed by atoms with Crippen molar-refractivity contribution >= 4 is 11.8 Å². The molecule has 1 aromatic rings. The number of aliphatic hydroxyl groups is 3. The third kappa shape index (κ3) is 5.38. The van der Waals surface area contributed by atoms with Crippen LogP contribution in [0, 0.1) is 0 Å². The number of amides is 1. The van der Waals surface area contributed by atoms with Gasteiger partial charge in [0.1, 0.15) is 42.4 Å². The molecule has 0 bridgehead atoms. The number of carbonyl (C=O) groups excluding carboxylic acids is 1. The van der Waals surface area contributed by atoms with Crippen LogP contribution >= 0.6 is 0 Å². The standard InChI is InChI=1S/C20H28FNO8/c1-27-18-15(10-23)29-19(17(25)16(18)24)28-12-8-6-11(7-9-12)22-20(26)30-14-5-3-2-4-13(14)21/h6-9,13-19,23-25H,2-5,10H2,1H3,(H,22,26)/t13-,14-,15+,16+,17+,18+,19+/m0/s1. The topological polar surface area (TPSA) is 127 Å². The van der Waals surface area contributed by atoms with E-state index < -0.39 is 55.7 Å². The molecule has 2 aliphatic rings. The molecule has 1 aromatic carbocycles. The number of aliphatic hydroxyl groups excluding tert-OH is 3. The number of anilines is 1. The normalized spacial score (nSPS) is 34.2. The second-order valence-electron chi connectivity index (χ2n) is 7.42. The summed E-state index contributed by atoms with van der Waals surface area (Å²) in [7, 11) is 1.34. The van der Waals surface area contributed by atoms with Gasteiger partial charge in [0, 0.05) is 12.8 Å². The van der Waals surface area contributed by atoms with E-state index in [-0.39, 0.29) is 0 Å². The summed E-state index contributed by atoms with van der Waals surface area (Å²) >= 11 is 0. The fourth-order valence-electron chi connectivity index (χ4n) is 3.66. The van der Waals surface area contributed by atoms with Gasteiger partial charge in [-0.15, -0.1) is 0 Å². The summed E-state index contributed by atoms with van der Waals surface area (Å²) in [4.78, 5) is 12.0. The van der Waals surface area contributed by atoms with Gasteiger partial charge in [-0.2, -0.15) is 0 Å². The number of carbonyl (C=O) groups is 1. The molecule has 0 radical (unpaired) electrons. The SMILES string of the molecule is CO[C@H]1[C@H](O)[C@@H](O)[C@H](Oc2ccc(NC(=O)O[C@H]3CCCC[C@@H]3F)cc2)O[C@@H]1CO. The molecule has 1 aliphatic heterocycles. The summed E-state index contributed by atoms with van der Waals surface area (Å²) < 4.78 is 35.1. The fraction of sp³-hybridized carbons (Fsp3) is 0.650. The monoisotopic (exact) mass is 429 g/mol. The van der Waals surface area contributed by atoms with Crippen molar-refractivity contribution in [2.75, 3.05) is 19.0 Å². The molecule has 30 heavy (non-hydrogen) atoms. The average molecular weight is 429 g/mol. The van der Waals surface area contributed by atoms with Crippen LogP contribution < -0.4 is 10.1 Å². The van der Waals surface area contributed by atoms with Gasteiger partial charge in [-0.3, -0.25) is 5.32 Å². The first-order valence-electron chi connectivity index (χ1n) is 9.96. The number of halogens is 1. The van der Waals surface area contributed by atoms with E-state index in [1.165, 1.54) is 31.4 Å². The Kier molecular flexibility index (Phi) is 7.84. The van der Waals surface area contributed by atoms with E-state index in [1.54, 1.807) is 0 Å². The van der Waals surface area contributed by atoms with Crippen LogP contribution in [-0.4, -0.2) is 78.1 Å². The van der Waals surface area contributed by atoms with Crippen LogP contribution in [0.5, 0.6) is 5.75 Å². The van der Waals surface area contributed by atoms with Crippen LogP contribution in [0.4, 0.5) is 14.9 Å². The maximum absolute atomic E-state index is 13.8. The van der Waals surface area contributed by atoms with E-state index in [0.717, 1.165) is 12.8 Å². The Bertz CT molecular complexity index is 688. The Balaban J connectivity index is 1.54. The van der Waals surface area contributed by atoms with Gasteiger partial charge < -0.3 is 34.3 Å². The predicted molar refractivity (Wildman–Crippen MR) is 103 cm³/mol. The molecule has 10 heteroatoms. The highest BCUT2D eigenvalue weighted by Crippen LogP contribution is 2.27. The fourth-order valence-corrected chi connectivity index (χ4v) is 3.66. The molecule has 3 rings (SSSR count). The van der Waals surface area contributed by atoms with Gasteiger partial charge in [0.2, 0.25) is 6.29 Å². The highest BCUT2D eigenvalue weighted by atomic mass is 19.1. The predicted octanol–water partition coefficient (Wildman–Crippen LogP) is 1.35. The zero-order valence-electron chi connectivity index (χ0n) is 16.6. The number of alkyl halides is 1. The maximum atomic E-state index is 13.8. The molecule has 1 saturated carbocycles. The molecular formula is C20H28FNO8. The Morgan fingerprint density at radius 1 is 1.20 bits per heavy atom. The van der Waals surface area contributed by atoms with Gasteiger partial charge in [-0.05, 0) is 43.5 Å². The molecule has 7 atom stereocenters. The largest absolute Gasteiger partial charge is 0.462 e. The Hall–Kier alpha value is -1.98. The van der Waals surface area contributed by atoms with Gasteiger partial charge in [-0.25, -0.2) is 9.18 Å². The van der Waals surface area contributed by atoms with E-state index in [0.29, 0.717) is 24.3 Å². The molecule has 2 fully saturated rings. The first-order chi connectivity index (χ1) is 14.4. The maximum Gasteiger partial charge on any atom is 0.411 e. The molecule has 168 valence electrons. The van der Waals surface area contributed by atoms with E-state index >= 15 is 0 Å². The second kappa shape index (κ2) is 10.4. The van der Waals surface area contributed by atoms with Crippen molar-refractivity contribution in [2.24, 2.45) is 0 Å². The van der Waals surface area contributed by atoms with Crippen molar-refractivity contribution in [1.29, 1.82) is 0 Å². The summed E-state index contributed by atoms with van der Waals surface area (Å²) in [5.41, 5.74) is 0.413. The van der Waals surface area contributed by atoms with Crippen LogP contribution in [0.25, 0.3) is 0 Å². The third-order valence-electron chi connectivity index (χ3n) is 5.33. The second-order valence-corrected chi connectivity index (χ2v) is 7.42. The van der Waals surface area contributed by atoms with Gasteiger partial charge in [0.15, 0.2) is 0 Å². The summed E-state index contributed by atoms with van der Waals surface area (Å²) in [6, 6.07) is 6.12. The average Bonchev–Trinajstić information content (AvgIpc) is 2.74. The lowest BCUT2D eigenvalue weighted by molar-refractivity contribution is -0.281. The number of ether oxygens (including phenoxy) is 4. The van der Waals surface area contributed by atoms with Crippen molar-refractivity contribution in [3.8, 4) is 5.75 Å². The highest BCUT2D eigenvalue weighted by Gasteiger charge is 2.45. The van der Waals surface area contributed by atoms with Crippen LogP contribution in [0.3, 0.4) is 0 Å². The molecule has 1 aliphatic carbocycles. The molecule has 1 amide bonds. The molecule has 4 N–H and O–H groups in total. The molecular weight excluding hydrogens is 401 g/mol. The first kappa shape index (κ1) is 22.7. The summed E-state index contributed by atoms with van der Waals surface area (Å²) in [5.74, 6) is 0.300. The molecule has 0 spiro atoms. The van der Waals surface area contributed by atoms with E-state index in [4.69, 9.17) is 18.9 Å². The van der Waals surface area contributed by atoms with E-state index in [9.17, 15) is 24.5 Å². The molecule has 0 unspecified atom stereocenters. The number of rotatable bonds is 6. The van der Waals surface area contributed by atoms with Gasteiger partial charge in [0.05, 0.1) is 6.61 Å². The molecule has 1 saturated heterocycles. The number of hydrogen-bond acceptors (Lipinski definition) is 8. The zero-order valence-corrected chi connectivity index (χ0v) is 16.6. The number of hydrogen-bond donors (Lipinski definition) is 4. The van der Waals surface area contributed by atoms with Crippen LogP contribution in [-0.2, 0) is 14.2 Å². The lowest BCUT2D eigenvalue weighted by atomic mass is 9.96. The minimum Gasteiger partial charge on any atom is -0.462 e. The van der Waals surface area contributed by atoms with E-state index in [1.807, 2.05) is 0 Å². The summed E-state index contributed by atoms with van der Waals surface area (Å²) in [6.45, 7) is -0.423. The Labute approximate surface area is 173 Å². The number of nitrogens with one attached hydrogen (secondary N) is 1. The van der Waals surface area contributed by atoms with Crippen molar-refractivity contribution < 1.29 is 43.5 Å². The smallest absolute Gasteiger partial charge is 0.411 e. The van der Waals surface area contributed by atoms with Crippen molar-refractivity contribution in [3.63, 3.8) is 0 Å². The minimum absolute atomic E-state index is 0.300. The van der Waals surface area contributed by atoms with Crippen LogP contribution in [0.1, 0.15) is 25.7 Å². The van der Waals surface area contributed by atoms with Crippen molar-refractivity contribution in [3.05, 3.63) is 24.3 Å². The van der Waals surface area contributed by atoms with Crippen molar-refractivity contribution in [1.82, 2.24) is 0 Å². The first-order valence-corrected chi connectivity index (χ1v) is 9.96. The minimum atomic E-state index is -1.39. The van der Waals surface area contributed by atoms with Gasteiger partial charge in [0.25, 0.3) is 0 Å². The Morgan fingerprint density at radius 3 is 2.53 bits per heavy atom. The van der Waals surface area contributed by atoms with Crippen molar-refractivity contribution in [2.45, 2.75) is 68.7 Å². The molecule has 9 nitrogen and oxygen atoms in total. The zero-order chi connectivity index (χ0) is 21.7. The van der Waals surface area contributed by atoms with Crippen LogP contribution in [0.15, 0.2) is 24.3 Å². The Morgan fingerprint density at radius 2 is 1.90 bits per heavy atom. The lowest BCUT2D eigenvalue weighted by Gasteiger charge is -2.41. The quantitative estimate of drug-likeness (QED) is 0.534. The summed E-state index contributed by atoms with van der Waals surface area (Å²) in [6.07, 6.45) is -5.75. The summed E-state index contributed by atoms with van der Waals surface area (Å²) in [5, 5.41) is 32.3. The van der Waals surface area contributed by atoms with Gasteiger partial charge >= 0.3 is 6.09 Å². The number of methoxy groups -OCH3 is 1. The molecule has 1 heterocycles. The lowest BCUT2D eigenvalue weighted by Crippen LogP contribution is -2.60. The van der Waals surface area contributed by atoms with Gasteiger partial charge in [-0.1, -0.05) is 6.42 Å². The van der Waals surface area contributed by atoms with Crippen LogP contribution in [0.2, 0.25) is 0 Å². The number of benzene rings is 1. The third-order valence-corrected chi connectivity index (χ3v) is 5.33. The van der Waals surface area contributed by atoms with E-state index in [2.05, 4.69) is 5.32 Å². The highest BCUT2D eigenvalue weighted by molar-refractivity contribution is 5.84.